The Morgan fingerprint density at radius 2 is 0.667 bits per heavy atom. The van der Waals surface area contributed by atoms with E-state index in [1.165, 1.54) is 0 Å². The molecule has 4 heteroatoms. The molecule has 12 aliphatic carbocycles. The second-order valence-corrected chi connectivity index (χ2v) is 15.9. The summed E-state index contributed by atoms with van der Waals surface area (Å²) in [6.07, 6.45) is 0. The van der Waals surface area contributed by atoms with Crippen LogP contribution in [0, 0.1) is 94.7 Å². The maximum absolute atomic E-state index is 12.4. The van der Waals surface area contributed by atoms with Crippen molar-refractivity contribution in [2.24, 2.45) is 94.7 Å². The average Bonchev–Trinajstić information content (AvgIpc) is 3.27. The Balaban J connectivity index is 1.48. The van der Waals surface area contributed by atoms with Gasteiger partial charge in [0, 0.05) is 8.65 Å². The topological polar surface area (TPSA) is 20.2 Å². The van der Waals surface area contributed by atoms with Gasteiger partial charge in [0.2, 0.25) is 0 Å². The molecule has 20 atom stereocenters. The molecule has 12 fully saturated rings. The molecule has 0 aromatic carbocycles. The Morgan fingerprint density at radius 1 is 0.417 bits per heavy atom. The molecular formula is C20H17Br3O. The van der Waals surface area contributed by atoms with Crippen molar-refractivity contribution < 1.29 is 5.11 Å². The number of hydrogen-bond acceptors (Lipinski definition) is 1. The molecule has 24 heavy (non-hydrogen) atoms. The fraction of sp³-hybridized carbons (Fsp3) is 1.00. The van der Waals surface area contributed by atoms with Crippen LogP contribution in [0.1, 0.15) is 0 Å². The van der Waals surface area contributed by atoms with Gasteiger partial charge in [0.05, 0.1) is 9.93 Å². The van der Waals surface area contributed by atoms with Crippen LogP contribution in [0.25, 0.3) is 0 Å². The summed E-state index contributed by atoms with van der Waals surface area (Å²) in [6.45, 7) is 0. The fourth-order valence-corrected chi connectivity index (χ4v) is 20.4. The summed E-state index contributed by atoms with van der Waals surface area (Å²) >= 11 is 13.6. The number of alkyl halides is 3. The first-order valence-corrected chi connectivity index (χ1v) is 12.6. The van der Waals surface area contributed by atoms with Crippen molar-refractivity contribution >= 4 is 47.8 Å². The minimum absolute atomic E-state index is 0.140. The third kappa shape index (κ3) is 0.540. The zero-order chi connectivity index (χ0) is 15.2. The highest BCUT2D eigenvalue weighted by Crippen LogP contribution is 3.06. The largest absolute Gasteiger partial charge is 0.388 e. The Kier molecular flexibility index (Phi) is 1.25. The summed E-state index contributed by atoms with van der Waals surface area (Å²) in [5, 5.41) is 12.4. The highest BCUT2D eigenvalue weighted by molar-refractivity contribution is 9.13. The maximum Gasteiger partial charge on any atom is 0.0873 e. The van der Waals surface area contributed by atoms with Crippen molar-refractivity contribution in [3.8, 4) is 0 Å². The van der Waals surface area contributed by atoms with E-state index < -0.39 is 0 Å². The van der Waals surface area contributed by atoms with Gasteiger partial charge >= 0.3 is 0 Å². The maximum atomic E-state index is 12.4. The summed E-state index contributed by atoms with van der Waals surface area (Å²) in [5.74, 6) is 13.9. The van der Waals surface area contributed by atoms with E-state index in [0.717, 1.165) is 82.9 Å². The van der Waals surface area contributed by atoms with E-state index in [4.69, 9.17) is 0 Å². The molecule has 1 nitrogen and oxygen atoms in total. The standard InChI is InChI=1S/C20H17Br3O/c21-17-9-1-2-10(17)4-6-14(2)19(23)13(1)5-3(9)11-7-8(12(4)18(11,17)22)16(6)20(19,24)15(5)7/h1-16,24H/t1-,2-,3-,4+,5+,6-,7-,8-,9+,10-,11+,12-,13-,14+,15-,16+,17?,18?,19?,20?/m1/s1. The normalized spacial score (nSPS) is 104. The average molecular weight is 513 g/mol. The second-order valence-electron chi connectivity index (χ2n) is 12.0. The third-order valence-electron chi connectivity index (χ3n) is 13.5. The van der Waals surface area contributed by atoms with E-state index in [1.54, 1.807) is 0 Å². The predicted octanol–water partition coefficient (Wildman–Crippen LogP) is 3.13. The van der Waals surface area contributed by atoms with Gasteiger partial charge in [-0.25, -0.2) is 0 Å². The van der Waals surface area contributed by atoms with Gasteiger partial charge in [-0.2, -0.15) is 0 Å². The molecule has 0 saturated heterocycles. The second kappa shape index (κ2) is 2.48. The number of aliphatic hydroxyl groups is 1. The van der Waals surface area contributed by atoms with Crippen molar-refractivity contribution in [2.75, 3.05) is 0 Å². The van der Waals surface area contributed by atoms with Gasteiger partial charge in [-0.05, 0) is 94.7 Å². The SMILES string of the molecule is OC12[C@@H]3[C@H]4[C@@H]5[C@@H]6[C@H]7[C@H]8[C@@H]([C@H]9[C@@H]%10[C@@H]%11[C@@H]([C@@H]3[C@H]5C%11(Br)C6(Br)[C@@H]%108)[C@H]91)C2(Br)[C@@H]47. The molecule has 0 aliphatic heterocycles. The fourth-order valence-electron chi connectivity index (χ4n) is 15.2. The molecule has 0 bridgehead atoms. The van der Waals surface area contributed by atoms with Gasteiger partial charge < -0.3 is 5.11 Å². The predicted molar refractivity (Wildman–Crippen MR) is 95.8 cm³/mol. The minimum atomic E-state index is -0.312. The van der Waals surface area contributed by atoms with Crippen LogP contribution in [-0.4, -0.2) is 23.7 Å². The van der Waals surface area contributed by atoms with E-state index in [0.29, 0.717) is 20.5 Å². The summed E-state index contributed by atoms with van der Waals surface area (Å²) in [7, 11) is 0. The first-order chi connectivity index (χ1) is 11.5. The Bertz CT molecular complexity index is 667. The van der Waals surface area contributed by atoms with Crippen molar-refractivity contribution in [1.82, 2.24) is 0 Å². The highest BCUT2D eigenvalue weighted by Gasteiger charge is 3.09. The molecular weight excluding hydrogens is 496 g/mol. The Morgan fingerprint density at radius 3 is 1.00 bits per heavy atom. The van der Waals surface area contributed by atoms with Gasteiger partial charge in [0.15, 0.2) is 0 Å². The monoisotopic (exact) mass is 510 g/mol. The first kappa shape index (κ1) is 12.1. The first-order valence-electron chi connectivity index (χ1n) is 10.3. The summed E-state index contributed by atoms with van der Waals surface area (Å²) < 4.78 is 0.985. The van der Waals surface area contributed by atoms with Crippen LogP contribution in [0.15, 0.2) is 0 Å². The van der Waals surface area contributed by atoms with Crippen molar-refractivity contribution in [3.05, 3.63) is 0 Å². The third-order valence-corrected chi connectivity index (χ3v) is 19.2. The van der Waals surface area contributed by atoms with E-state index in [1.807, 2.05) is 0 Å². The summed E-state index contributed by atoms with van der Waals surface area (Å²) in [6, 6.07) is 0. The molecule has 12 rings (SSSR count). The lowest BCUT2D eigenvalue weighted by Crippen LogP contribution is -2.55. The van der Waals surface area contributed by atoms with Crippen LogP contribution in [0.5, 0.6) is 0 Å². The smallest absolute Gasteiger partial charge is 0.0873 e. The zero-order valence-electron chi connectivity index (χ0n) is 12.8. The molecule has 0 spiro atoms. The lowest BCUT2D eigenvalue weighted by molar-refractivity contribution is -0.0392. The Labute approximate surface area is 165 Å². The van der Waals surface area contributed by atoms with Crippen LogP contribution in [0.3, 0.4) is 0 Å². The van der Waals surface area contributed by atoms with E-state index in [9.17, 15) is 5.11 Å². The number of halogens is 3. The number of hydrogen-bond donors (Lipinski definition) is 1. The molecule has 4 unspecified atom stereocenters. The van der Waals surface area contributed by atoms with Gasteiger partial charge in [0.1, 0.15) is 0 Å². The van der Waals surface area contributed by atoms with Crippen molar-refractivity contribution in [1.29, 1.82) is 0 Å². The van der Waals surface area contributed by atoms with Gasteiger partial charge in [-0.15, -0.1) is 0 Å². The molecule has 0 radical (unpaired) electrons. The highest BCUT2D eigenvalue weighted by atomic mass is 79.9. The van der Waals surface area contributed by atoms with Crippen molar-refractivity contribution in [2.45, 2.75) is 18.6 Å². The van der Waals surface area contributed by atoms with Crippen LogP contribution in [0.4, 0.5) is 0 Å². The molecule has 124 valence electrons. The Hall–Kier alpha value is 1.40. The molecule has 12 aliphatic rings. The van der Waals surface area contributed by atoms with Crippen LogP contribution >= 0.6 is 47.8 Å². The minimum Gasteiger partial charge on any atom is -0.388 e. The van der Waals surface area contributed by atoms with Crippen LogP contribution < -0.4 is 0 Å². The number of rotatable bonds is 0. The summed E-state index contributed by atoms with van der Waals surface area (Å²) in [4.78, 5) is 0. The molecule has 0 aromatic rings. The molecule has 0 aromatic heterocycles. The molecule has 0 amide bonds. The van der Waals surface area contributed by atoms with Gasteiger partial charge in [0.25, 0.3) is 0 Å². The lowest BCUT2D eigenvalue weighted by atomic mass is 9.74. The van der Waals surface area contributed by atoms with Gasteiger partial charge in [-0.1, -0.05) is 47.8 Å². The molecule has 0 heterocycles. The van der Waals surface area contributed by atoms with Crippen LogP contribution in [-0.2, 0) is 0 Å². The van der Waals surface area contributed by atoms with Crippen molar-refractivity contribution in [3.63, 3.8) is 0 Å². The quantitative estimate of drug-likeness (QED) is 0.494. The zero-order valence-corrected chi connectivity index (χ0v) is 17.6. The van der Waals surface area contributed by atoms with E-state index in [-0.39, 0.29) is 9.93 Å². The molecule has 1 N–H and O–H groups in total. The van der Waals surface area contributed by atoms with Gasteiger partial charge in [-0.3, -0.25) is 0 Å². The van der Waals surface area contributed by atoms with Crippen LogP contribution in [0.2, 0.25) is 0 Å². The molecule has 12 saturated carbocycles. The lowest BCUT2D eigenvalue weighted by Gasteiger charge is -2.45. The summed E-state index contributed by atoms with van der Waals surface area (Å²) in [5.41, 5.74) is -0.312. The van der Waals surface area contributed by atoms with E-state index >= 15 is 0 Å². The van der Waals surface area contributed by atoms with E-state index in [2.05, 4.69) is 47.8 Å².